The average Bonchev–Trinajstić information content (AvgIpc) is 2.76. The predicted octanol–water partition coefficient (Wildman–Crippen LogP) is 3.53. The van der Waals surface area contributed by atoms with Crippen LogP contribution in [-0.2, 0) is 0 Å². The second-order valence-electron chi connectivity index (χ2n) is 3.15. The van der Waals surface area contributed by atoms with E-state index in [-0.39, 0.29) is 0 Å². The number of anilines is 2. The molecule has 0 radical (unpaired) electrons. The molecule has 0 saturated heterocycles. The van der Waals surface area contributed by atoms with Crippen molar-refractivity contribution in [1.82, 2.24) is 9.97 Å². The van der Waals surface area contributed by atoms with Crippen LogP contribution in [-0.4, -0.2) is 15.1 Å². The van der Waals surface area contributed by atoms with Crippen LogP contribution in [0.3, 0.4) is 0 Å². The molecular weight excluding hydrogens is 279 g/mol. The minimum Gasteiger partial charge on any atom is -0.332 e. The number of nitrogens with zero attached hydrogens (tertiary/aromatic N) is 1. The quantitative estimate of drug-likeness (QED) is 0.740. The molecule has 1 aromatic heterocycles. The Morgan fingerprint density at radius 1 is 1.24 bits per heavy atom. The molecule has 1 heterocycles. The van der Waals surface area contributed by atoms with E-state index in [1.807, 2.05) is 0 Å². The van der Waals surface area contributed by atoms with Crippen molar-refractivity contribution in [2.24, 2.45) is 0 Å². The molecule has 1 aromatic carbocycles. The van der Waals surface area contributed by atoms with E-state index in [2.05, 4.69) is 20.6 Å². The lowest BCUT2D eigenvalue weighted by Crippen LogP contribution is -2.19. The third-order valence-corrected chi connectivity index (χ3v) is 2.85. The summed E-state index contributed by atoms with van der Waals surface area (Å²) in [7, 11) is 0. The van der Waals surface area contributed by atoms with Gasteiger partial charge >= 0.3 is 0 Å². The second-order valence-corrected chi connectivity index (χ2v) is 4.37. The van der Waals surface area contributed by atoms with Gasteiger partial charge in [0.05, 0.1) is 10.0 Å². The molecule has 0 aliphatic rings. The van der Waals surface area contributed by atoms with Crippen LogP contribution in [0.1, 0.15) is 0 Å². The fourth-order valence-corrected chi connectivity index (χ4v) is 1.69. The summed E-state index contributed by atoms with van der Waals surface area (Å²) < 4.78 is 0. The molecule has 4 nitrogen and oxygen atoms in total. The van der Waals surface area contributed by atoms with Crippen LogP contribution < -0.4 is 10.6 Å². The molecule has 0 atom stereocenters. The van der Waals surface area contributed by atoms with Gasteiger partial charge in [0.25, 0.3) is 0 Å². The Balaban J connectivity index is 2.00. The molecule has 3 N–H and O–H groups in total. The minimum absolute atomic E-state index is 0.415. The molecule has 0 spiro atoms. The Morgan fingerprint density at radius 3 is 2.71 bits per heavy atom. The standard InChI is InChI=1S/C10H8Cl2N4S/c11-7-2-1-6(5-8(7)12)15-10(17)16-9-13-3-4-14-9/h1-5H,(H3,13,14,15,16,17). The highest BCUT2D eigenvalue weighted by atomic mass is 35.5. The third kappa shape index (κ3) is 3.33. The maximum absolute atomic E-state index is 5.89. The highest BCUT2D eigenvalue weighted by Gasteiger charge is 2.02. The number of rotatable bonds is 2. The first kappa shape index (κ1) is 12.2. The summed E-state index contributed by atoms with van der Waals surface area (Å²) in [6, 6.07) is 5.17. The number of aromatic amines is 1. The normalized spacial score (nSPS) is 10.0. The van der Waals surface area contributed by atoms with E-state index < -0.39 is 0 Å². The molecule has 7 heteroatoms. The number of H-pyrrole nitrogens is 1. The van der Waals surface area contributed by atoms with Crippen LogP contribution in [0.25, 0.3) is 0 Å². The van der Waals surface area contributed by atoms with E-state index >= 15 is 0 Å². The first-order valence-corrected chi connectivity index (χ1v) is 5.84. The van der Waals surface area contributed by atoms with Gasteiger partial charge in [0.1, 0.15) is 0 Å². The first-order chi connectivity index (χ1) is 8.15. The second kappa shape index (κ2) is 5.35. The predicted molar refractivity (Wildman–Crippen MR) is 74.9 cm³/mol. The van der Waals surface area contributed by atoms with Gasteiger partial charge in [0.2, 0.25) is 5.95 Å². The van der Waals surface area contributed by atoms with Gasteiger partial charge in [-0.05, 0) is 30.4 Å². The van der Waals surface area contributed by atoms with Gasteiger partial charge in [-0.3, -0.25) is 0 Å². The van der Waals surface area contributed by atoms with Crippen molar-refractivity contribution in [3.8, 4) is 0 Å². The van der Waals surface area contributed by atoms with E-state index in [4.69, 9.17) is 35.4 Å². The smallest absolute Gasteiger partial charge is 0.206 e. The summed E-state index contributed by atoms with van der Waals surface area (Å²) in [5, 5.41) is 7.23. The zero-order chi connectivity index (χ0) is 12.3. The number of benzene rings is 1. The zero-order valence-corrected chi connectivity index (χ0v) is 10.8. The summed E-state index contributed by atoms with van der Waals surface area (Å²) >= 11 is 16.8. The summed E-state index contributed by atoms with van der Waals surface area (Å²) in [6.45, 7) is 0. The van der Waals surface area contributed by atoms with Gasteiger partial charge in [0, 0.05) is 18.1 Å². The summed E-state index contributed by atoms with van der Waals surface area (Å²) in [5.74, 6) is 0.572. The largest absolute Gasteiger partial charge is 0.332 e. The summed E-state index contributed by atoms with van der Waals surface area (Å²) in [6.07, 6.45) is 3.33. The van der Waals surface area contributed by atoms with Crippen LogP contribution in [0.5, 0.6) is 0 Å². The van der Waals surface area contributed by atoms with E-state index in [1.54, 1.807) is 30.6 Å². The Bertz CT molecular complexity index is 527. The number of aromatic nitrogens is 2. The lowest BCUT2D eigenvalue weighted by molar-refractivity contribution is 1.31. The zero-order valence-electron chi connectivity index (χ0n) is 8.50. The molecule has 88 valence electrons. The Morgan fingerprint density at radius 2 is 2.06 bits per heavy atom. The Hall–Kier alpha value is -1.30. The van der Waals surface area contributed by atoms with Crippen LogP contribution in [0.15, 0.2) is 30.6 Å². The highest BCUT2D eigenvalue weighted by Crippen LogP contribution is 2.24. The molecule has 0 bridgehead atoms. The van der Waals surface area contributed by atoms with Gasteiger partial charge in [-0.1, -0.05) is 23.2 Å². The number of halogens is 2. The van der Waals surface area contributed by atoms with Crippen molar-refractivity contribution in [1.29, 1.82) is 0 Å². The molecule has 0 amide bonds. The van der Waals surface area contributed by atoms with Gasteiger partial charge in [-0.15, -0.1) is 0 Å². The van der Waals surface area contributed by atoms with Crippen LogP contribution >= 0.6 is 35.4 Å². The SMILES string of the molecule is S=C(Nc1ccc(Cl)c(Cl)c1)Nc1ncc[nH]1. The van der Waals surface area contributed by atoms with Gasteiger partial charge < -0.3 is 15.6 Å². The number of hydrogen-bond donors (Lipinski definition) is 3. The number of thiocarbonyl (C=S) groups is 1. The van der Waals surface area contributed by atoms with Crippen molar-refractivity contribution in [3.63, 3.8) is 0 Å². The topological polar surface area (TPSA) is 52.7 Å². The van der Waals surface area contributed by atoms with Crippen LogP contribution in [0.4, 0.5) is 11.6 Å². The van der Waals surface area contributed by atoms with Crippen molar-refractivity contribution >= 4 is 52.2 Å². The fraction of sp³-hybridized carbons (Fsp3) is 0. The van der Waals surface area contributed by atoms with Crippen LogP contribution in [0, 0.1) is 0 Å². The maximum atomic E-state index is 5.89. The Labute approximate surface area is 113 Å². The monoisotopic (exact) mass is 286 g/mol. The molecule has 0 saturated carbocycles. The molecule has 2 aromatic rings. The fourth-order valence-electron chi connectivity index (χ4n) is 1.18. The highest BCUT2D eigenvalue weighted by molar-refractivity contribution is 7.80. The number of nitrogens with one attached hydrogen (secondary N) is 3. The average molecular weight is 287 g/mol. The van der Waals surface area contributed by atoms with E-state index in [9.17, 15) is 0 Å². The lowest BCUT2D eigenvalue weighted by atomic mass is 10.3. The summed E-state index contributed by atoms with van der Waals surface area (Å²) in [5.41, 5.74) is 0.753. The van der Waals surface area contributed by atoms with Crippen molar-refractivity contribution in [2.45, 2.75) is 0 Å². The summed E-state index contributed by atoms with van der Waals surface area (Å²) in [4.78, 5) is 6.87. The Kier molecular flexibility index (Phi) is 3.83. The molecule has 17 heavy (non-hydrogen) atoms. The number of hydrogen-bond acceptors (Lipinski definition) is 2. The minimum atomic E-state index is 0.415. The van der Waals surface area contributed by atoms with Crippen molar-refractivity contribution in [3.05, 3.63) is 40.6 Å². The van der Waals surface area contributed by atoms with E-state index in [0.717, 1.165) is 5.69 Å². The number of imidazole rings is 1. The molecule has 2 rings (SSSR count). The van der Waals surface area contributed by atoms with Gasteiger partial charge in [0.15, 0.2) is 5.11 Å². The first-order valence-electron chi connectivity index (χ1n) is 4.67. The molecule has 0 aliphatic heterocycles. The van der Waals surface area contributed by atoms with Gasteiger partial charge in [-0.25, -0.2) is 4.98 Å². The lowest BCUT2D eigenvalue weighted by Gasteiger charge is -2.09. The molecule has 0 aliphatic carbocycles. The van der Waals surface area contributed by atoms with E-state index in [1.165, 1.54) is 0 Å². The third-order valence-electron chi connectivity index (χ3n) is 1.91. The maximum Gasteiger partial charge on any atom is 0.206 e. The van der Waals surface area contributed by atoms with Crippen LogP contribution in [0.2, 0.25) is 10.0 Å². The van der Waals surface area contributed by atoms with Gasteiger partial charge in [-0.2, -0.15) is 0 Å². The van der Waals surface area contributed by atoms with Crippen molar-refractivity contribution in [2.75, 3.05) is 10.6 Å². The van der Waals surface area contributed by atoms with Crippen molar-refractivity contribution < 1.29 is 0 Å². The molecule has 0 fully saturated rings. The molecule has 0 unspecified atom stereocenters. The van der Waals surface area contributed by atoms with E-state index in [0.29, 0.717) is 21.1 Å². The molecular formula is C10H8Cl2N4S.